The highest BCUT2D eigenvalue weighted by Crippen LogP contribution is 2.22. The van der Waals surface area contributed by atoms with Crippen molar-refractivity contribution in [3.05, 3.63) is 52.8 Å². The van der Waals surface area contributed by atoms with Gasteiger partial charge >= 0.3 is 0 Å². The van der Waals surface area contributed by atoms with Crippen molar-refractivity contribution in [1.82, 2.24) is 4.57 Å². The Bertz CT molecular complexity index is 1160. The lowest BCUT2D eigenvalue weighted by molar-refractivity contribution is -0.117. The molecule has 0 unspecified atom stereocenters. The maximum Gasteiger partial charge on any atom is 0.252 e. The van der Waals surface area contributed by atoms with Crippen LogP contribution >= 0.6 is 11.3 Å². The predicted octanol–water partition coefficient (Wildman–Crippen LogP) is 2.71. The average Bonchev–Trinajstić information content (AvgIpc) is 2.90. The molecule has 0 bridgehead atoms. The average molecular weight is 405 g/mol. The number of rotatable bonds is 5. The van der Waals surface area contributed by atoms with E-state index in [0.717, 1.165) is 27.8 Å². The van der Waals surface area contributed by atoms with Crippen molar-refractivity contribution < 1.29 is 17.9 Å². The van der Waals surface area contributed by atoms with E-state index in [4.69, 9.17) is 4.74 Å². The summed E-state index contributed by atoms with van der Waals surface area (Å²) in [6, 6.07) is 12.1. The lowest BCUT2D eigenvalue weighted by atomic mass is 10.1. The lowest BCUT2D eigenvalue weighted by Gasteiger charge is -2.02. The summed E-state index contributed by atoms with van der Waals surface area (Å²) in [7, 11) is -1.38. The second-order valence-corrected chi connectivity index (χ2v) is 9.13. The summed E-state index contributed by atoms with van der Waals surface area (Å²) in [6.07, 6.45) is 1.27. The summed E-state index contributed by atoms with van der Waals surface area (Å²) >= 11 is 1.42. The number of aromatic nitrogens is 1. The first-order valence-electron chi connectivity index (χ1n) is 8.37. The van der Waals surface area contributed by atoms with Crippen molar-refractivity contribution in [2.45, 2.75) is 18.2 Å². The van der Waals surface area contributed by atoms with E-state index in [9.17, 15) is 13.2 Å². The molecule has 3 rings (SSSR count). The Hall–Kier alpha value is -2.45. The van der Waals surface area contributed by atoms with Crippen LogP contribution in [0.2, 0.25) is 0 Å². The van der Waals surface area contributed by atoms with Gasteiger partial charge in [0.2, 0.25) is 0 Å². The van der Waals surface area contributed by atoms with Gasteiger partial charge in [-0.2, -0.15) is 4.99 Å². The summed E-state index contributed by atoms with van der Waals surface area (Å²) in [5.74, 6) is 0.505. The second kappa shape index (κ2) is 7.66. The molecule has 0 radical (unpaired) electrons. The summed E-state index contributed by atoms with van der Waals surface area (Å²) in [6.45, 7) is 2.53. The van der Waals surface area contributed by atoms with E-state index in [1.165, 1.54) is 23.5 Å². The van der Waals surface area contributed by atoms with Crippen LogP contribution in [0.4, 0.5) is 0 Å². The molecule has 0 aliphatic rings. The molecule has 1 heterocycles. The fourth-order valence-electron chi connectivity index (χ4n) is 2.65. The van der Waals surface area contributed by atoms with Crippen LogP contribution in [0.5, 0.6) is 5.75 Å². The summed E-state index contributed by atoms with van der Waals surface area (Å²) < 4.78 is 31.4. The van der Waals surface area contributed by atoms with Crippen molar-refractivity contribution in [1.29, 1.82) is 0 Å². The van der Waals surface area contributed by atoms with E-state index in [-0.39, 0.29) is 17.2 Å². The van der Waals surface area contributed by atoms with Crippen LogP contribution in [0.15, 0.2) is 52.4 Å². The molecule has 0 spiro atoms. The Labute approximate surface area is 161 Å². The zero-order valence-electron chi connectivity index (χ0n) is 15.3. The Kier molecular flexibility index (Phi) is 5.48. The van der Waals surface area contributed by atoms with Crippen LogP contribution in [-0.2, 0) is 28.1 Å². The first kappa shape index (κ1) is 19.3. The van der Waals surface area contributed by atoms with Gasteiger partial charge in [-0.1, -0.05) is 23.5 Å². The minimum Gasteiger partial charge on any atom is -0.494 e. The van der Waals surface area contributed by atoms with Crippen LogP contribution in [0, 0.1) is 0 Å². The number of aryl methyl sites for hydroxylation is 1. The monoisotopic (exact) mass is 404 g/mol. The van der Waals surface area contributed by atoms with Gasteiger partial charge in [0, 0.05) is 13.3 Å². The Morgan fingerprint density at radius 1 is 1.19 bits per heavy atom. The van der Waals surface area contributed by atoms with Gasteiger partial charge in [0.05, 0.1) is 28.1 Å². The normalized spacial score (nSPS) is 12.5. The molecule has 0 atom stereocenters. The molecule has 0 saturated carbocycles. The quantitative estimate of drug-likeness (QED) is 0.655. The van der Waals surface area contributed by atoms with Crippen LogP contribution in [0.1, 0.15) is 12.5 Å². The molecular weight excluding hydrogens is 384 g/mol. The highest BCUT2D eigenvalue weighted by molar-refractivity contribution is 7.90. The Morgan fingerprint density at radius 2 is 1.89 bits per heavy atom. The van der Waals surface area contributed by atoms with E-state index in [1.54, 1.807) is 12.1 Å². The molecule has 2 aromatic carbocycles. The van der Waals surface area contributed by atoms with E-state index < -0.39 is 9.84 Å². The molecule has 3 aromatic rings. The number of sulfone groups is 1. The van der Waals surface area contributed by atoms with Crippen molar-refractivity contribution in [3.63, 3.8) is 0 Å². The summed E-state index contributed by atoms with van der Waals surface area (Å²) in [5.41, 5.74) is 1.70. The van der Waals surface area contributed by atoms with Gasteiger partial charge in [0.1, 0.15) is 5.75 Å². The molecule has 142 valence electrons. The summed E-state index contributed by atoms with van der Waals surface area (Å²) in [5, 5.41) is 0. The molecule has 0 aliphatic heterocycles. The summed E-state index contributed by atoms with van der Waals surface area (Å²) in [4.78, 5) is 17.4. The molecule has 1 aromatic heterocycles. The van der Waals surface area contributed by atoms with Crippen LogP contribution < -0.4 is 9.54 Å². The molecular formula is C19H20N2O4S2. The number of amides is 1. The van der Waals surface area contributed by atoms with E-state index in [0.29, 0.717) is 11.4 Å². The largest absolute Gasteiger partial charge is 0.494 e. The molecule has 0 aliphatic carbocycles. The highest BCUT2D eigenvalue weighted by atomic mass is 32.2. The van der Waals surface area contributed by atoms with Gasteiger partial charge in [0.15, 0.2) is 14.6 Å². The van der Waals surface area contributed by atoms with Gasteiger partial charge in [-0.05, 0) is 42.8 Å². The third kappa shape index (κ3) is 4.45. The Morgan fingerprint density at radius 3 is 2.52 bits per heavy atom. The van der Waals surface area contributed by atoms with Gasteiger partial charge in [0.25, 0.3) is 5.91 Å². The topological polar surface area (TPSA) is 77.7 Å². The third-order valence-corrected chi connectivity index (χ3v) is 6.24. The van der Waals surface area contributed by atoms with E-state index >= 15 is 0 Å². The minimum atomic E-state index is -3.25. The van der Waals surface area contributed by atoms with Gasteiger partial charge < -0.3 is 9.30 Å². The molecule has 1 amide bonds. The van der Waals surface area contributed by atoms with Crippen LogP contribution in [0.3, 0.4) is 0 Å². The molecule has 0 saturated heterocycles. The minimum absolute atomic E-state index is 0.114. The first-order chi connectivity index (χ1) is 12.8. The number of nitrogens with zero attached hydrogens (tertiary/aromatic N) is 2. The number of hydrogen-bond acceptors (Lipinski definition) is 5. The molecule has 27 heavy (non-hydrogen) atoms. The molecule has 6 nitrogen and oxygen atoms in total. The molecule has 8 heteroatoms. The SMILES string of the molecule is CCOc1ccc2c(c1)sc(=NC(=O)Cc1ccc(S(C)(=O)=O)cc1)n2C. The van der Waals surface area contributed by atoms with Gasteiger partial charge in [-0.15, -0.1) is 0 Å². The lowest BCUT2D eigenvalue weighted by Crippen LogP contribution is -2.14. The molecule has 0 fully saturated rings. The number of ether oxygens (including phenoxy) is 1. The van der Waals surface area contributed by atoms with Crippen LogP contribution in [-0.4, -0.2) is 31.8 Å². The van der Waals surface area contributed by atoms with Crippen molar-refractivity contribution in [3.8, 4) is 5.75 Å². The van der Waals surface area contributed by atoms with Gasteiger partial charge in [-0.25, -0.2) is 8.42 Å². The fourth-order valence-corrected chi connectivity index (χ4v) is 4.35. The van der Waals surface area contributed by atoms with Crippen molar-refractivity contribution >= 4 is 37.3 Å². The zero-order chi connectivity index (χ0) is 19.6. The third-order valence-electron chi connectivity index (χ3n) is 4.02. The van der Waals surface area contributed by atoms with Crippen LogP contribution in [0.25, 0.3) is 10.2 Å². The van der Waals surface area contributed by atoms with E-state index in [1.807, 2.05) is 36.7 Å². The number of carbonyl (C=O) groups excluding carboxylic acids is 1. The number of benzene rings is 2. The number of thiazole rings is 1. The number of fused-ring (bicyclic) bond motifs is 1. The first-order valence-corrected chi connectivity index (χ1v) is 11.1. The zero-order valence-corrected chi connectivity index (χ0v) is 16.9. The number of hydrogen-bond donors (Lipinski definition) is 0. The Balaban J connectivity index is 1.85. The standard InChI is InChI=1S/C19H20N2O4S2/c1-4-25-14-7-10-16-17(12-14)26-19(21(16)2)20-18(22)11-13-5-8-15(9-6-13)27(3,23)24/h5-10,12H,4,11H2,1-3H3. The second-order valence-electron chi connectivity index (χ2n) is 6.10. The van der Waals surface area contributed by atoms with Crippen molar-refractivity contribution in [2.24, 2.45) is 12.0 Å². The predicted molar refractivity (Wildman–Crippen MR) is 106 cm³/mol. The fraction of sp³-hybridized carbons (Fsp3) is 0.263. The molecule has 0 N–H and O–H groups in total. The van der Waals surface area contributed by atoms with Gasteiger partial charge in [-0.3, -0.25) is 4.79 Å². The van der Waals surface area contributed by atoms with E-state index in [2.05, 4.69) is 4.99 Å². The highest BCUT2D eigenvalue weighted by Gasteiger charge is 2.09. The smallest absolute Gasteiger partial charge is 0.252 e. The number of carbonyl (C=O) groups is 1. The maximum absolute atomic E-state index is 12.3. The maximum atomic E-state index is 12.3. The van der Waals surface area contributed by atoms with Crippen molar-refractivity contribution in [2.75, 3.05) is 12.9 Å².